The van der Waals surface area contributed by atoms with Crippen molar-refractivity contribution in [2.45, 2.75) is 72.9 Å². The Balaban J connectivity index is 2.16. The minimum absolute atomic E-state index is 0.134. The van der Waals surface area contributed by atoms with Crippen molar-refractivity contribution >= 4 is 27.5 Å². The Bertz CT molecular complexity index is 1150. The number of hydrogen-bond acceptors (Lipinski definition) is 4. The van der Waals surface area contributed by atoms with Gasteiger partial charge in [-0.1, -0.05) is 49.2 Å². The van der Waals surface area contributed by atoms with Gasteiger partial charge in [0.2, 0.25) is 21.8 Å². The van der Waals surface area contributed by atoms with Gasteiger partial charge < -0.3 is 10.2 Å². The van der Waals surface area contributed by atoms with Crippen molar-refractivity contribution in [3.63, 3.8) is 0 Å². The molecule has 2 aromatic carbocycles. The zero-order chi connectivity index (χ0) is 26.9. The Kier molecular flexibility index (Phi) is 11.0. The van der Waals surface area contributed by atoms with Gasteiger partial charge in [-0.2, -0.15) is 0 Å². The van der Waals surface area contributed by atoms with Crippen LogP contribution in [0.15, 0.2) is 42.5 Å². The molecule has 0 saturated carbocycles. The van der Waals surface area contributed by atoms with Crippen molar-refractivity contribution in [2.75, 3.05) is 23.7 Å². The van der Waals surface area contributed by atoms with E-state index in [0.717, 1.165) is 35.1 Å². The van der Waals surface area contributed by atoms with Crippen molar-refractivity contribution in [1.82, 2.24) is 10.2 Å². The van der Waals surface area contributed by atoms with Crippen molar-refractivity contribution in [3.8, 4) is 0 Å². The summed E-state index contributed by atoms with van der Waals surface area (Å²) in [7, 11) is -3.52. The Morgan fingerprint density at radius 3 is 2.33 bits per heavy atom. The Morgan fingerprint density at radius 1 is 1.00 bits per heavy atom. The van der Waals surface area contributed by atoms with E-state index in [1.165, 1.54) is 10.6 Å². The minimum atomic E-state index is -3.52. The van der Waals surface area contributed by atoms with Gasteiger partial charge in [-0.05, 0) is 69.4 Å². The summed E-state index contributed by atoms with van der Waals surface area (Å²) in [5.74, 6) is -0.361. The first kappa shape index (κ1) is 29.4. The quantitative estimate of drug-likeness (QED) is 0.398. The van der Waals surface area contributed by atoms with E-state index in [1.807, 2.05) is 57.2 Å². The molecule has 0 unspecified atom stereocenters. The molecule has 36 heavy (non-hydrogen) atoms. The third-order valence-electron chi connectivity index (χ3n) is 6.36. The summed E-state index contributed by atoms with van der Waals surface area (Å²) >= 11 is 0. The summed E-state index contributed by atoms with van der Waals surface area (Å²) in [6.45, 7) is 10.8. The zero-order valence-corrected chi connectivity index (χ0v) is 23.3. The molecule has 0 aliphatic rings. The van der Waals surface area contributed by atoms with Crippen LogP contribution in [0.1, 0.15) is 61.8 Å². The second-order valence-corrected chi connectivity index (χ2v) is 11.4. The smallest absolute Gasteiger partial charge is 0.242 e. The number of aryl methyl sites for hydroxylation is 3. The Morgan fingerprint density at radius 2 is 1.72 bits per heavy atom. The minimum Gasteiger partial charge on any atom is -0.354 e. The molecule has 0 fully saturated rings. The molecule has 1 atom stereocenters. The van der Waals surface area contributed by atoms with Gasteiger partial charge in [-0.15, -0.1) is 0 Å². The number of rotatable bonds is 13. The summed E-state index contributed by atoms with van der Waals surface area (Å²) in [6.07, 6.45) is 3.50. The van der Waals surface area contributed by atoms with Gasteiger partial charge >= 0.3 is 0 Å². The molecule has 0 aliphatic heterocycles. The standard InChI is InChI=1S/C28H41N3O4S/c1-7-8-16-29-28(33)24(5)30(20-25-12-9-11-21(2)18-25)27(32)13-10-17-31(36(6,34)35)26-15-14-22(3)23(4)19-26/h9,11-12,14-15,18-19,24H,7-8,10,13,16-17,20H2,1-6H3,(H,29,33)/t24-/m1/s1. The molecule has 2 amide bonds. The summed E-state index contributed by atoms with van der Waals surface area (Å²) in [4.78, 5) is 27.7. The van der Waals surface area contributed by atoms with E-state index in [1.54, 1.807) is 17.9 Å². The highest BCUT2D eigenvalue weighted by molar-refractivity contribution is 7.92. The molecule has 0 heterocycles. The molecule has 0 aliphatic carbocycles. The van der Waals surface area contributed by atoms with E-state index in [-0.39, 0.29) is 24.8 Å². The van der Waals surface area contributed by atoms with Gasteiger partial charge in [0, 0.05) is 26.1 Å². The number of nitrogens with one attached hydrogen (secondary N) is 1. The average molecular weight is 516 g/mol. The van der Waals surface area contributed by atoms with Gasteiger partial charge in [0.15, 0.2) is 0 Å². The molecule has 0 radical (unpaired) electrons. The number of nitrogens with zero attached hydrogens (tertiary/aromatic N) is 2. The fraction of sp³-hybridized carbons (Fsp3) is 0.500. The highest BCUT2D eigenvalue weighted by Gasteiger charge is 2.26. The van der Waals surface area contributed by atoms with E-state index in [0.29, 0.717) is 25.2 Å². The molecule has 2 aromatic rings. The normalized spacial score (nSPS) is 12.2. The lowest BCUT2D eigenvalue weighted by atomic mass is 10.1. The van der Waals surface area contributed by atoms with Crippen LogP contribution < -0.4 is 9.62 Å². The van der Waals surface area contributed by atoms with Crippen LogP contribution in [0.3, 0.4) is 0 Å². The lowest BCUT2D eigenvalue weighted by Gasteiger charge is -2.29. The predicted octanol–water partition coefficient (Wildman–Crippen LogP) is 4.49. The molecular weight excluding hydrogens is 474 g/mol. The van der Waals surface area contributed by atoms with Gasteiger partial charge in [-0.3, -0.25) is 13.9 Å². The van der Waals surface area contributed by atoms with Crippen LogP contribution in [0.2, 0.25) is 0 Å². The highest BCUT2D eigenvalue weighted by Crippen LogP contribution is 2.22. The predicted molar refractivity (Wildman–Crippen MR) is 146 cm³/mol. The van der Waals surface area contributed by atoms with E-state index in [9.17, 15) is 18.0 Å². The number of benzene rings is 2. The number of amides is 2. The lowest BCUT2D eigenvalue weighted by Crippen LogP contribution is -2.48. The summed E-state index contributed by atoms with van der Waals surface area (Å²) in [6, 6.07) is 12.8. The molecule has 0 spiro atoms. The lowest BCUT2D eigenvalue weighted by molar-refractivity contribution is -0.140. The van der Waals surface area contributed by atoms with Crippen molar-refractivity contribution in [2.24, 2.45) is 0 Å². The molecule has 0 aromatic heterocycles. The van der Waals surface area contributed by atoms with Crippen LogP contribution in [-0.2, 0) is 26.2 Å². The van der Waals surface area contributed by atoms with Crippen molar-refractivity contribution < 1.29 is 18.0 Å². The third-order valence-corrected chi connectivity index (χ3v) is 7.56. The number of sulfonamides is 1. The van der Waals surface area contributed by atoms with Gasteiger partial charge in [0.1, 0.15) is 6.04 Å². The average Bonchev–Trinajstić information content (AvgIpc) is 2.81. The van der Waals surface area contributed by atoms with E-state index < -0.39 is 16.1 Å². The van der Waals surface area contributed by atoms with Gasteiger partial charge in [0.25, 0.3) is 0 Å². The number of carbonyl (C=O) groups excluding carboxylic acids is 2. The van der Waals surface area contributed by atoms with E-state index >= 15 is 0 Å². The van der Waals surface area contributed by atoms with E-state index in [4.69, 9.17) is 0 Å². The first-order valence-corrected chi connectivity index (χ1v) is 14.5. The maximum atomic E-state index is 13.4. The second-order valence-electron chi connectivity index (χ2n) is 9.54. The number of hydrogen-bond donors (Lipinski definition) is 1. The SMILES string of the molecule is CCCCNC(=O)[C@@H](C)N(Cc1cccc(C)c1)C(=O)CCCN(c1ccc(C)c(C)c1)S(C)(=O)=O. The van der Waals surface area contributed by atoms with Crippen LogP contribution >= 0.6 is 0 Å². The fourth-order valence-corrected chi connectivity index (χ4v) is 4.97. The molecule has 1 N–H and O–H groups in total. The summed E-state index contributed by atoms with van der Waals surface area (Å²) in [5, 5.41) is 2.92. The second kappa shape index (κ2) is 13.4. The van der Waals surface area contributed by atoms with Crippen LogP contribution in [0.25, 0.3) is 0 Å². The maximum Gasteiger partial charge on any atom is 0.242 e. The first-order valence-electron chi connectivity index (χ1n) is 12.6. The van der Waals surface area contributed by atoms with Gasteiger partial charge in [0.05, 0.1) is 11.9 Å². The zero-order valence-electron chi connectivity index (χ0n) is 22.5. The third kappa shape index (κ3) is 8.66. The van der Waals surface area contributed by atoms with Crippen molar-refractivity contribution in [1.29, 1.82) is 0 Å². The number of anilines is 1. The molecule has 198 valence electrons. The van der Waals surface area contributed by atoms with Crippen LogP contribution in [0.4, 0.5) is 5.69 Å². The van der Waals surface area contributed by atoms with Crippen LogP contribution in [0, 0.1) is 20.8 Å². The molecular formula is C28H41N3O4S. The first-order chi connectivity index (χ1) is 16.9. The number of carbonyl (C=O) groups is 2. The summed E-state index contributed by atoms with van der Waals surface area (Å²) < 4.78 is 26.4. The van der Waals surface area contributed by atoms with Crippen LogP contribution in [-0.4, -0.2) is 50.5 Å². The molecule has 8 heteroatoms. The topological polar surface area (TPSA) is 86.8 Å². The number of unbranched alkanes of at least 4 members (excludes halogenated alkanes) is 1. The fourth-order valence-electron chi connectivity index (χ4n) is 4.01. The van der Waals surface area contributed by atoms with Crippen LogP contribution in [0.5, 0.6) is 0 Å². The molecule has 2 rings (SSSR count). The monoisotopic (exact) mass is 515 g/mol. The highest BCUT2D eigenvalue weighted by atomic mass is 32.2. The van der Waals surface area contributed by atoms with Crippen molar-refractivity contribution in [3.05, 3.63) is 64.7 Å². The van der Waals surface area contributed by atoms with Gasteiger partial charge in [-0.25, -0.2) is 8.42 Å². The molecule has 0 bridgehead atoms. The van der Waals surface area contributed by atoms with E-state index in [2.05, 4.69) is 12.2 Å². The largest absolute Gasteiger partial charge is 0.354 e. The molecule has 0 saturated heterocycles. The maximum absolute atomic E-state index is 13.4. The molecule has 7 nitrogen and oxygen atoms in total. The summed E-state index contributed by atoms with van der Waals surface area (Å²) in [5.41, 5.74) is 4.71. The Labute approximate surface area is 216 Å². The Hall–Kier alpha value is -2.87.